The molecule has 5 nitrogen and oxygen atoms in total. The minimum absolute atomic E-state index is 0.0543. The first-order chi connectivity index (χ1) is 18.8. The van der Waals surface area contributed by atoms with Gasteiger partial charge in [0.05, 0.1) is 22.5 Å². The lowest BCUT2D eigenvalue weighted by Gasteiger charge is -2.32. The minimum atomic E-state index is -6.06. The maximum absolute atomic E-state index is 13.7. The number of carbonyl (C=O) groups is 1. The van der Waals surface area contributed by atoms with E-state index < -0.39 is 36.1 Å². The van der Waals surface area contributed by atoms with E-state index in [1.807, 2.05) is 6.92 Å². The van der Waals surface area contributed by atoms with Crippen LogP contribution in [-0.2, 0) is 4.79 Å². The van der Waals surface area contributed by atoms with Crippen molar-refractivity contribution in [2.45, 2.75) is 50.2 Å². The molecule has 0 fully saturated rings. The average Bonchev–Trinajstić information content (AvgIpc) is 3.33. The number of hydrogen-bond acceptors (Lipinski definition) is 4. The number of rotatable bonds is 7. The molecule has 1 aliphatic heterocycles. The fourth-order valence-corrected chi connectivity index (χ4v) is 4.68. The number of anilines is 2. The van der Waals surface area contributed by atoms with Crippen LogP contribution in [-0.4, -0.2) is 34.7 Å². The summed E-state index contributed by atoms with van der Waals surface area (Å²) in [6.07, 6.45) is -11.9. The molecule has 212 valence electrons. The van der Waals surface area contributed by atoms with Crippen LogP contribution in [0.5, 0.6) is 0 Å². The number of benzene rings is 3. The zero-order chi connectivity index (χ0) is 29.3. The fourth-order valence-electron chi connectivity index (χ4n) is 4.46. The van der Waals surface area contributed by atoms with Crippen LogP contribution in [0.2, 0.25) is 5.02 Å². The van der Waals surface area contributed by atoms with Crippen molar-refractivity contribution in [3.05, 3.63) is 83.4 Å². The number of aliphatic hydroxyl groups is 1. The van der Waals surface area contributed by atoms with Gasteiger partial charge in [0.15, 0.2) is 0 Å². The monoisotopic (exact) mass is 583 g/mol. The SMILES string of the molecule is CCCC(=O)Nc1cccc(-c2ccc(C3CC(C(O)(C(F)(F)F)C(F)(F)F)=NN3c3ccccc3Cl)cc2)c1. The first kappa shape index (κ1) is 29.4. The average molecular weight is 584 g/mol. The van der Waals surface area contributed by atoms with Gasteiger partial charge in [-0.05, 0) is 47.4 Å². The summed E-state index contributed by atoms with van der Waals surface area (Å²) < 4.78 is 82.0. The lowest BCUT2D eigenvalue weighted by molar-refractivity contribution is -0.338. The summed E-state index contributed by atoms with van der Waals surface area (Å²) in [6.45, 7) is 1.88. The van der Waals surface area contributed by atoms with Gasteiger partial charge in [-0.15, -0.1) is 0 Å². The summed E-state index contributed by atoms with van der Waals surface area (Å²) >= 11 is 6.23. The molecule has 0 spiro atoms. The number of nitrogens with one attached hydrogen (secondary N) is 1. The normalized spacial score (nSPS) is 16.2. The molecule has 1 atom stereocenters. The maximum atomic E-state index is 13.7. The molecular formula is C28H24ClF6N3O2. The summed E-state index contributed by atoms with van der Waals surface area (Å²) in [5.41, 5.74) is -4.19. The van der Waals surface area contributed by atoms with E-state index in [-0.39, 0.29) is 16.6 Å². The quantitative estimate of drug-likeness (QED) is 0.278. The molecule has 1 heterocycles. The highest BCUT2D eigenvalue weighted by Crippen LogP contribution is 2.49. The maximum Gasteiger partial charge on any atom is 0.431 e. The van der Waals surface area contributed by atoms with E-state index in [1.54, 1.807) is 54.6 Å². The van der Waals surface area contributed by atoms with Gasteiger partial charge in [-0.1, -0.05) is 67.1 Å². The predicted octanol–water partition coefficient (Wildman–Crippen LogP) is 7.91. The number of alkyl halides is 6. The molecule has 0 saturated carbocycles. The van der Waals surface area contributed by atoms with E-state index in [2.05, 4.69) is 10.4 Å². The number of carbonyl (C=O) groups excluding carboxylic acids is 1. The highest BCUT2D eigenvalue weighted by Gasteiger charge is 2.74. The van der Waals surface area contributed by atoms with Crippen molar-refractivity contribution in [3.63, 3.8) is 0 Å². The molecule has 4 rings (SSSR count). The number of amides is 1. The minimum Gasteiger partial charge on any atom is -0.369 e. The van der Waals surface area contributed by atoms with Crippen LogP contribution in [0.1, 0.15) is 37.8 Å². The molecule has 0 radical (unpaired) electrons. The summed E-state index contributed by atoms with van der Waals surface area (Å²) in [5.74, 6) is -0.135. The molecule has 0 saturated heterocycles. The zero-order valence-electron chi connectivity index (χ0n) is 21.0. The van der Waals surface area contributed by atoms with Gasteiger partial charge in [0.2, 0.25) is 5.91 Å². The van der Waals surface area contributed by atoms with Gasteiger partial charge in [0.25, 0.3) is 5.60 Å². The first-order valence-corrected chi connectivity index (χ1v) is 12.6. The predicted molar refractivity (Wildman–Crippen MR) is 141 cm³/mol. The van der Waals surface area contributed by atoms with E-state index in [1.165, 1.54) is 18.2 Å². The molecule has 1 amide bonds. The lowest BCUT2D eigenvalue weighted by Crippen LogP contribution is -2.62. The third-order valence-electron chi connectivity index (χ3n) is 6.50. The Morgan fingerprint density at radius 1 is 0.975 bits per heavy atom. The molecule has 3 aromatic carbocycles. The number of hydrogen-bond donors (Lipinski definition) is 2. The van der Waals surface area contributed by atoms with Gasteiger partial charge in [-0.3, -0.25) is 9.80 Å². The Hall–Kier alpha value is -3.57. The molecule has 40 heavy (non-hydrogen) atoms. The highest BCUT2D eigenvalue weighted by molar-refractivity contribution is 6.33. The Balaban J connectivity index is 1.70. The standard InChI is InChI=1S/C28H24ClF6N3O2/c1-2-6-25(39)36-20-8-5-7-19(15-20)17-11-13-18(14-12-17)23-16-24(26(40,27(30,31)32)28(33,34)35)37-38(23)22-10-4-3-9-21(22)29/h3-5,7-15,23,40H,2,6,16H2,1H3,(H,36,39). The highest BCUT2D eigenvalue weighted by atomic mass is 35.5. The molecule has 12 heteroatoms. The van der Waals surface area contributed by atoms with Crippen LogP contribution in [0, 0.1) is 0 Å². The Morgan fingerprint density at radius 2 is 1.62 bits per heavy atom. The summed E-state index contributed by atoms with van der Waals surface area (Å²) in [6, 6.07) is 18.2. The Bertz CT molecular complexity index is 1390. The number of nitrogens with zero attached hydrogens (tertiary/aromatic N) is 2. The first-order valence-electron chi connectivity index (χ1n) is 12.2. The van der Waals surface area contributed by atoms with Crippen molar-refractivity contribution in [2.75, 3.05) is 10.3 Å². The van der Waals surface area contributed by atoms with Crippen LogP contribution in [0.15, 0.2) is 77.9 Å². The van der Waals surface area contributed by atoms with E-state index in [4.69, 9.17) is 11.6 Å². The third-order valence-corrected chi connectivity index (χ3v) is 6.82. The summed E-state index contributed by atoms with van der Waals surface area (Å²) in [4.78, 5) is 12.0. The molecule has 1 aliphatic rings. The molecule has 3 aromatic rings. The van der Waals surface area contributed by atoms with Gasteiger partial charge in [0.1, 0.15) is 0 Å². The molecular weight excluding hydrogens is 560 g/mol. The van der Waals surface area contributed by atoms with E-state index in [0.29, 0.717) is 29.7 Å². The largest absolute Gasteiger partial charge is 0.431 e. The Kier molecular flexibility index (Phi) is 8.18. The number of para-hydroxylation sites is 1. The van der Waals surface area contributed by atoms with Gasteiger partial charge in [-0.25, -0.2) is 0 Å². The third kappa shape index (κ3) is 5.66. The topological polar surface area (TPSA) is 64.9 Å². The van der Waals surface area contributed by atoms with E-state index in [0.717, 1.165) is 10.6 Å². The van der Waals surface area contributed by atoms with Crippen molar-refractivity contribution < 1.29 is 36.2 Å². The second kappa shape index (κ2) is 11.1. The fraction of sp³-hybridized carbons (Fsp3) is 0.286. The zero-order valence-corrected chi connectivity index (χ0v) is 21.8. The number of halogens is 7. The van der Waals surface area contributed by atoms with Gasteiger partial charge in [-0.2, -0.15) is 31.4 Å². The van der Waals surface area contributed by atoms with Crippen molar-refractivity contribution in [3.8, 4) is 11.1 Å². The van der Waals surface area contributed by atoms with Crippen LogP contribution >= 0.6 is 11.6 Å². The molecule has 0 aliphatic carbocycles. The molecule has 0 aromatic heterocycles. The van der Waals surface area contributed by atoms with Crippen LogP contribution in [0.4, 0.5) is 37.7 Å². The lowest BCUT2D eigenvalue weighted by atomic mass is 9.89. The van der Waals surface area contributed by atoms with Crippen molar-refractivity contribution >= 4 is 34.6 Å². The van der Waals surface area contributed by atoms with Crippen molar-refractivity contribution in [1.29, 1.82) is 0 Å². The summed E-state index contributed by atoms with van der Waals surface area (Å²) in [5, 5.41) is 17.5. The second-order valence-corrected chi connectivity index (χ2v) is 9.68. The number of hydrazone groups is 1. The van der Waals surface area contributed by atoms with Gasteiger partial charge < -0.3 is 10.4 Å². The Labute approximate surface area is 231 Å². The van der Waals surface area contributed by atoms with Crippen molar-refractivity contribution in [1.82, 2.24) is 0 Å². The molecule has 2 N–H and O–H groups in total. The second-order valence-electron chi connectivity index (χ2n) is 9.27. The van der Waals surface area contributed by atoms with Gasteiger partial charge in [0, 0.05) is 18.5 Å². The van der Waals surface area contributed by atoms with E-state index >= 15 is 0 Å². The van der Waals surface area contributed by atoms with E-state index in [9.17, 15) is 36.2 Å². The Morgan fingerprint density at radius 3 is 2.23 bits per heavy atom. The van der Waals surface area contributed by atoms with Crippen LogP contribution < -0.4 is 10.3 Å². The van der Waals surface area contributed by atoms with Crippen molar-refractivity contribution in [2.24, 2.45) is 5.10 Å². The van der Waals surface area contributed by atoms with Crippen LogP contribution in [0.3, 0.4) is 0 Å². The van der Waals surface area contributed by atoms with Gasteiger partial charge >= 0.3 is 12.4 Å². The molecule has 0 bridgehead atoms. The summed E-state index contributed by atoms with van der Waals surface area (Å²) in [7, 11) is 0. The molecule has 1 unspecified atom stereocenters. The van der Waals surface area contributed by atoms with Crippen LogP contribution in [0.25, 0.3) is 11.1 Å². The smallest absolute Gasteiger partial charge is 0.369 e.